The summed E-state index contributed by atoms with van der Waals surface area (Å²) < 4.78 is 5.70. The molecule has 1 spiro atoms. The summed E-state index contributed by atoms with van der Waals surface area (Å²) in [4.78, 5) is 25.0. The molecule has 4 heteroatoms. The second-order valence-electron chi connectivity index (χ2n) is 7.59. The van der Waals surface area contributed by atoms with E-state index in [2.05, 4.69) is 31.3 Å². The SMILES string of the molecule is CC1=C(C(=O)NCC(C)c2ccccc2)C2(CCC(C)CC2)OC1=O. The van der Waals surface area contributed by atoms with E-state index in [1.807, 2.05) is 18.2 Å². The van der Waals surface area contributed by atoms with Crippen molar-refractivity contribution in [2.24, 2.45) is 5.92 Å². The molecular weight excluding hydrogens is 314 g/mol. The van der Waals surface area contributed by atoms with E-state index >= 15 is 0 Å². The molecule has 1 aromatic carbocycles. The lowest BCUT2D eigenvalue weighted by molar-refractivity contribution is -0.150. The monoisotopic (exact) mass is 341 g/mol. The quantitative estimate of drug-likeness (QED) is 0.849. The third-order valence-electron chi connectivity index (χ3n) is 5.67. The number of hydrogen-bond acceptors (Lipinski definition) is 3. The smallest absolute Gasteiger partial charge is 0.335 e. The van der Waals surface area contributed by atoms with Crippen LogP contribution < -0.4 is 5.32 Å². The van der Waals surface area contributed by atoms with Gasteiger partial charge in [-0.2, -0.15) is 0 Å². The van der Waals surface area contributed by atoms with Crippen LogP contribution in [-0.2, 0) is 14.3 Å². The Morgan fingerprint density at radius 3 is 2.56 bits per heavy atom. The summed E-state index contributed by atoms with van der Waals surface area (Å²) in [7, 11) is 0. The van der Waals surface area contributed by atoms with Gasteiger partial charge in [0, 0.05) is 12.1 Å². The molecule has 0 radical (unpaired) electrons. The van der Waals surface area contributed by atoms with Gasteiger partial charge in [0.2, 0.25) is 0 Å². The summed E-state index contributed by atoms with van der Waals surface area (Å²) in [5.74, 6) is 0.343. The minimum atomic E-state index is -0.701. The molecule has 1 N–H and O–H groups in total. The van der Waals surface area contributed by atoms with Gasteiger partial charge in [0.1, 0.15) is 5.60 Å². The van der Waals surface area contributed by atoms with Gasteiger partial charge in [0.15, 0.2) is 0 Å². The number of carbonyl (C=O) groups is 2. The van der Waals surface area contributed by atoms with Crippen LogP contribution in [0.5, 0.6) is 0 Å². The first kappa shape index (κ1) is 17.7. The predicted molar refractivity (Wildman–Crippen MR) is 97.0 cm³/mol. The maximum Gasteiger partial charge on any atom is 0.335 e. The number of amides is 1. The molecule has 1 unspecified atom stereocenters. The zero-order valence-corrected chi connectivity index (χ0v) is 15.3. The highest BCUT2D eigenvalue weighted by Gasteiger charge is 2.50. The molecule has 25 heavy (non-hydrogen) atoms. The Hall–Kier alpha value is -2.10. The fraction of sp³-hybridized carbons (Fsp3) is 0.524. The Balaban J connectivity index is 1.72. The van der Waals surface area contributed by atoms with E-state index in [0.29, 0.717) is 23.6 Å². The van der Waals surface area contributed by atoms with Crippen LogP contribution >= 0.6 is 0 Å². The highest BCUT2D eigenvalue weighted by molar-refractivity contribution is 6.07. The van der Waals surface area contributed by atoms with Gasteiger partial charge in [-0.05, 0) is 50.0 Å². The van der Waals surface area contributed by atoms with Crippen LogP contribution in [0.3, 0.4) is 0 Å². The van der Waals surface area contributed by atoms with Gasteiger partial charge in [-0.1, -0.05) is 44.2 Å². The van der Waals surface area contributed by atoms with Gasteiger partial charge in [-0.3, -0.25) is 4.79 Å². The van der Waals surface area contributed by atoms with E-state index in [4.69, 9.17) is 4.74 Å². The third kappa shape index (κ3) is 3.48. The Morgan fingerprint density at radius 1 is 1.28 bits per heavy atom. The van der Waals surface area contributed by atoms with Crippen molar-refractivity contribution in [1.82, 2.24) is 5.32 Å². The van der Waals surface area contributed by atoms with Crippen molar-refractivity contribution in [3.63, 3.8) is 0 Å². The number of ether oxygens (including phenoxy) is 1. The first-order valence-corrected chi connectivity index (χ1v) is 9.21. The summed E-state index contributed by atoms with van der Waals surface area (Å²) in [5.41, 5.74) is 1.52. The Morgan fingerprint density at radius 2 is 1.92 bits per heavy atom. The summed E-state index contributed by atoms with van der Waals surface area (Å²) >= 11 is 0. The van der Waals surface area contributed by atoms with Gasteiger partial charge in [-0.25, -0.2) is 4.79 Å². The molecule has 1 fully saturated rings. The molecule has 0 aromatic heterocycles. The number of nitrogens with one attached hydrogen (secondary N) is 1. The number of rotatable bonds is 4. The van der Waals surface area contributed by atoms with E-state index < -0.39 is 5.60 Å². The van der Waals surface area contributed by atoms with E-state index in [0.717, 1.165) is 25.7 Å². The van der Waals surface area contributed by atoms with E-state index in [-0.39, 0.29) is 17.8 Å². The van der Waals surface area contributed by atoms with E-state index in [1.165, 1.54) is 5.56 Å². The van der Waals surface area contributed by atoms with Crippen LogP contribution in [0.2, 0.25) is 0 Å². The van der Waals surface area contributed by atoms with Gasteiger partial charge < -0.3 is 10.1 Å². The molecule has 1 aliphatic heterocycles. The summed E-state index contributed by atoms with van der Waals surface area (Å²) in [6.45, 7) is 6.55. The predicted octanol–water partition coefficient (Wildman–Crippen LogP) is 3.73. The molecule has 134 valence electrons. The third-order valence-corrected chi connectivity index (χ3v) is 5.67. The van der Waals surface area contributed by atoms with Crippen molar-refractivity contribution >= 4 is 11.9 Å². The van der Waals surface area contributed by atoms with Crippen LogP contribution in [-0.4, -0.2) is 24.0 Å². The minimum Gasteiger partial charge on any atom is -0.451 e. The van der Waals surface area contributed by atoms with Crippen molar-refractivity contribution < 1.29 is 14.3 Å². The Bertz CT molecular complexity index is 684. The van der Waals surface area contributed by atoms with Crippen molar-refractivity contribution in [1.29, 1.82) is 0 Å². The van der Waals surface area contributed by atoms with Crippen molar-refractivity contribution in [2.45, 2.75) is 58.0 Å². The average molecular weight is 341 g/mol. The van der Waals surface area contributed by atoms with Crippen LogP contribution in [0.1, 0.15) is 57.9 Å². The standard InChI is InChI=1S/C21H27NO3/c1-14-9-11-21(12-10-14)18(16(3)20(24)25-21)19(23)22-13-15(2)17-7-5-4-6-8-17/h4-8,14-15H,9-13H2,1-3H3,(H,22,23). The maximum absolute atomic E-state index is 12.9. The summed E-state index contributed by atoms with van der Waals surface area (Å²) in [6.07, 6.45) is 3.46. The second kappa shape index (κ2) is 7.03. The lowest BCUT2D eigenvalue weighted by Crippen LogP contribution is -2.42. The van der Waals surface area contributed by atoms with E-state index in [1.54, 1.807) is 6.92 Å². The zero-order valence-electron chi connectivity index (χ0n) is 15.3. The number of benzene rings is 1. The van der Waals surface area contributed by atoms with Crippen molar-refractivity contribution in [2.75, 3.05) is 6.54 Å². The maximum atomic E-state index is 12.9. The van der Waals surface area contributed by atoms with Crippen LogP contribution in [0, 0.1) is 5.92 Å². The summed E-state index contributed by atoms with van der Waals surface area (Å²) in [6, 6.07) is 10.1. The zero-order chi connectivity index (χ0) is 18.0. The summed E-state index contributed by atoms with van der Waals surface area (Å²) in [5, 5.41) is 3.03. The number of esters is 1. The van der Waals surface area contributed by atoms with Crippen LogP contribution in [0.15, 0.2) is 41.5 Å². The molecule has 0 saturated heterocycles. The fourth-order valence-electron chi connectivity index (χ4n) is 3.94. The first-order valence-electron chi connectivity index (χ1n) is 9.21. The molecule has 1 aromatic rings. The number of carbonyl (C=O) groups excluding carboxylic acids is 2. The lowest BCUT2D eigenvalue weighted by Gasteiger charge is -2.36. The topological polar surface area (TPSA) is 55.4 Å². The normalized spacial score (nSPS) is 27.3. The molecule has 4 nitrogen and oxygen atoms in total. The molecule has 2 aliphatic rings. The average Bonchev–Trinajstić information content (AvgIpc) is 2.86. The lowest BCUT2D eigenvalue weighted by atomic mass is 9.75. The molecule has 1 heterocycles. The van der Waals surface area contributed by atoms with Crippen molar-refractivity contribution in [3.8, 4) is 0 Å². The minimum absolute atomic E-state index is 0.152. The molecule has 1 aliphatic carbocycles. The highest BCUT2D eigenvalue weighted by Crippen LogP contribution is 2.45. The second-order valence-corrected chi connectivity index (χ2v) is 7.59. The van der Waals surface area contributed by atoms with Gasteiger partial charge in [0.05, 0.1) is 5.57 Å². The largest absolute Gasteiger partial charge is 0.451 e. The molecule has 1 atom stereocenters. The number of hydrogen-bond donors (Lipinski definition) is 1. The van der Waals surface area contributed by atoms with Gasteiger partial charge in [0.25, 0.3) is 5.91 Å². The first-order chi connectivity index (χ1) is 11.9. The molecule has 3 rings (SSSR count). The molecule has 1 saturated carbocycles. The Labute approximate surface area is 149 Å². The van der Waals surface area contributed by atoms with Gasteiger partial charge >= 0.3 is 5.97 Å². The Kier molecular flexibility index (Phi) is 4.98. The van der Waals surface area contributed by atoms with Gasteiger partial charge in [-0.15, -0.1) is 0 Å². The van der Waals surface area contributed by atoms with Crippen molar-refractivity contribution in [3.05, 3.63) is 47.0 Å². The molecule has 1 amide bonds. The highest BCUT2D eigenvalue weighted by atomic mass is 16.6. The van der Waals surface area contributed by atoms with E-state index in [9.17, 15) is 9.59 Å². The van der Waals surface area contributed by atoms with Crippen LogP contribution in [0.25, 0.3) is 0 Å². The molecular formula is C21H27NO3. The fourth-order valence-corrected chi connectivity index (χ4v) is 3.94. The molecule has 0 bridgehead atoms. The van der Waals surface area contributed by atoms with Crippen LogP contribution in [0.4, 0.5) is 0 Å².